The minimum atomic E-state index is -4.25. The summed E-state index contributed by atoms with van der Waals surface area (Å²) in [6, 6.07) is 15.4. The number of carbonyl (C=O) groups is 1. The van der Waals surface area contributed by atoms with E-state index in [-0.39, 0.29) is 15.6 Å². The number of hydrogen-bond donors (Lipinski definition) is 0. The van der Waals surface area contributed by atoms with Gasteiger partial charge in [-0.25, -0.2) is 8.42 Å². The average Bonchev–Trinajstić information content (AvgIpc) is 2.84. The highest BCUT2D eigenvalue weighted by molar-refractivity contribution is 9.10. The zero-order chi connectivity index (χ0) is 25.6. The van der Waals surface area contributed by atoms with Gasteiger partial charge in [-0.1, -0.05) is 29.8 Å². The summed E-state index contributed by atoms with van der Waals surface area (Å²) in [7, 11) is -1.30. The minimum absolute atomic E-state index is 0.0424. The van der Waals surface area contributed by atoms with E-state index >= 15 is 0 Å². The standard InChI is InChI=1S/C25H23BrClNO6S/c1-4-34-25-20(26)14-17(15-23(25)33-3)10-13-24(29)28(18-11-12-22(32-2)21(27)16-18)35(30,31)19-8-6-5-7-9-19/h5-16H,4H2,1-3H3/b13-10+. The molecule has 1 amide bonds. The van der Waals surface area contributed by atoms with Gasteiger partial charge < -0.3 is 14.2 Å². The summed E-state index contributed by atoms with van der Waals surface area (Å²) in [6.45, 7) is 2.30. The first-order valence-electron chi connectivity index (χ1n) is 10.4. The molecular formula is C25H23BrClNO6S. The molecule has 0 N–H and O–H groups in total. The molecule has 0 heterocycles. The molecule has 3 rings (SSSR count). The lowest BCUT2D eigenvalue weighted by Crippen LogP contribution is -2.35. The maximum absolute atomic E-state index is 13.5. The minimum Gasteiger partial charge on any atom is -0.495 e. The number of benzene rings is 3. The fraction of sp³-hybridized carbons (Fsp3) is 0.160. The van der Waals surface area contributed by atoms with Crippen LogP contribution in [0.15, 0.2) is 76.1 Å². The quantitative estimate of drug-likeness (QED) is 0.291. The van der Waals surface area contributed by atoms with Crippen molar-refractivity contribution in [3.05, 3.63) is 81.8 Å². The van der Waals surface area contributed by atoms with Crippen LogP contribution in [0, 0.1) is 0 Å². The zero-order valence-electron chi connectivity index (χ0n) is 19.2. The van der Waals surface area contributed by atoms with Gasteiger partial charge in [0.05, 0.1) is 40.9 Å². The third-order valence-corrected chi connectivity index (χ3v) is 7.43. The number of anilines is 1. The fourth-order valence-corrected chi connectivity index (χ4v) is 5.45. The molecule has 10 heteroatoms. The lowest BCUT2D eigenvalue weighted by molar-refractivity contribution is -0.113. The lowest BCUT2D eigenvalue weighted by Gasteiger charge is -2.22. The van der Waals surface area contributed by atoms with Crippen molar-refractivity contribution in [2.45, 2.75) is 11.8 Å². The SMILES string of the molecule is CCOc1c(Br)cc(/C=C/C(=O)N(c2ccc(OC)c(Cl)c2)S(=O)(=O)c2ccccc2)cc1OC. The molecule has 0 saturated carbocycles. The second-order valence-electron chi connectivity index (χ2n) is 7.04. The maximum atomic E-state index is 13.5. The van der Waals surface area contributed by atoms with E-state index < -0.39 is 15.9 Å². The molecule has 0 aliphatic heterocycles. The molecule has 0 aliphatic rings. The van der Waals surface area contributed by atoms with Crippen LogP contribution in [0.5, 0.6) is 17.2 Å². The van der Waals surface area contributed by atoms with Crippen molar-refractivity contribution in [2.24, 2.45) is 0 Å². The molecule has 0 saturated heterocycles. The van der Waals surface area contributed by atoms with Crippen LogP contribution in [-0.4, -0.2) is 35.2 Å². The normalized spacial score (nSPS) is 11.3. The molecule has 184 valence electrons. The van der Waals surface area contributed by atoms with Gasteiger partial charge in [0.2, 0.25) is 0 Å². The van der Waals surface area contributed by atoms with E-state index in [1.807, 2.05) is 6.92 Å². The van der Waals surface area contributed by atoms with Crippen LogP contribution in [0.25, 0.3) is 6.08 Å². The maximum Gasteiger partial charge on any atom is 0.271 e. The van der Waals surface area contributed by atoms with Gasteiger partial charge in [0, 0.05) is 6.08 Å². The summed E-state index contributed by atoms with van der Waals surface area (Å²) in [5, 5.41) is 0.162. The number of ether oxygens (including phenoxy) is 3. The molecule has 0 bridgehead atoms. The van der Waals surface area contributed by atoms with Gasteiger partial charge in [-0.2, -0.15) is 4.31 Å². The predicted octanol–water partition coefficient (Wildman–Crippen LogP) is 5.95. The van der Waals surface area contributed by atoms with Crippen molar-refractivity contribution in [3.63, 3.8) is 0 Å². The van der Waals surface area contributed by atoms with E-state index in [1.165, 1.54) is 56.7 Å². The van der Waals surface area contributed by atoms with Crippen LogP contribution in [0.3, 0.4) is 0 Å². The number of hydrogen-bond acceptors (Lipinski definition) is 6. The fourth-order valence-electron chi connectivity index (χ4n) is 3.22. The number of carbonyl (C=O) groups excluding carboxylic acids is 1. The first-order chi connectivity index (χ1) is 16.7. The van der Waals surface area contributed by atoms with Crippen molar-refractivity contribution >= 4 is 55.2 Å². The van der Waals surface area contributed by atoms with Crippen molar-refractivity contribution < 1.29 is 27.4 Å². The Balaban J connectivity index is 2.06. The molecule has 0 radical (unpaired) electrons. The van der Waals surface area contributed by atoms with Crippen molar-refractivity contribution in [1.29, 1.82) is 0 Å². The molecule has 0 aromatic heterocycles. The van der Waals surface area contributed by atoms with E-state index in [0.29, 0.717) is 38.2 Å². The Bertz CT molecular complexity index is 1350. The smallest absolute Gasteiger partial charge is 0.271 e. The summed E-state index contributed by atoms with van der Waals surface area (Å²) in [5.74, 6) is 0.546. The zero-order valence-corrected chi connectivity index (χ0v) is 22.4. The monoisotopic (exact) mass is 579 g/mol. The van der Waals surface area contributed by atoms with Crippen molar-refractivity contribution in [1.82, 2.24) is 0 Å². The highest BCUT2D eigenvalue weighted by Gasteiger charge is 2.30. The van der Waals surface area contributed by atoms with Gasteiger partial charge in [-0.05, 0) is 77.0 Å². The Morgan fingerprint density at radius 3 is 2.31 bits per heavy atom. The van der Waals surface area contributed by atoms with E-state index in [1.54, 1.807) is 30.3 Å². The van der Waals surface area contributed by atoms with Crippen molar-refractivity contribution in [3.8, 4) is 17.2 Å². The topological polar surface area (TPSA) is 82.1 Å². The summed E-state index contributed by atoms with van der Waals surface area (Å²) in [5.41, 5.74) is 0.662. The molecule has 3 aromatic carbocycles. The highest BCUT2D eigenvalue weighted by Crippen LogP contribution is 2.37. The van der Waals surface area contributed by atoms with E-state index in [9.17, 15) is 13.2 Å². The van der Waals surface area contributed by atoms with Crippen LogP contribution in [0.1, 0.15) is 12.5 Å². The van der Waals surface area contributed by atoms with E-state index in [2.05, 4.69) is 15.9 Å². The van der Waals surface area contributed by atoms with Gasteiger partial charge in [0.15, 0.2) is 11.5 Å². The Labute approximate surface area is 218 Å². The van der Waals surface area contributed by atoms with E-state index in [4.69, 9.17) is 25.8 Å². The third-order valence-electron chi connectivity index (χ3n) is 4.81. The summed E-state index contributed by atoms with van der Waals surface area (Å²) < 4.78 is 44.4. The van der Waals surface area contributed by atoms with Gasteiger partial charge in [-0.15, -0.1) is 0 Å². The molecule has 0 spiro atoms. The molecule has 0 aliphatic carbocycles. The first-order valence-corrected chi connectivity index (χ1v) is 13.0. The molecule has 0 fully saturated rings. The molecular weight excluding hydrogens is 558 g/mol. The molecule has 3 aromatic rings. The number of halogens is 2. The van der Waals surface area contributed by atoms with Crippen LogP contribution in [0.4, 0.5) is 5.69 Å². The lowest BCUT2D eigenvalue weighted by atomic mass is 10.2. The summed E-state index contributed by atoms with van der Waals surface area (Å²) in [6.07, 6.45) is 2.66. The van der Waals surface area contributed by atoms with Crippen molar-refractivity contribution in [2.75, 3.05) is 25.1 Å². The highest BCUT2D eigenvalue weighted by atomic mass is 79.9. The van der Waals surface area contributed by atoms with Crippen LogP contribution >= 0.6 is 27.5 Å². The van der Waals surface area contributed by atoms with Crippen LogP contribution in [-0.2, 0) is 14.8 Å². The first kappa shape index (κ1) is 26.6. The number of rotatable bonds is 9. The van der Waals surface area contributed by atoms with Crippen LogP contribution < -0.4 is 18.5 Å². The molecule has 7 nitrogen and oxygen atoms in total. The third kappa shape index (κ3) is 5.98. The largest absolute Gasteiger partial charge is 0.495 e. The Kier molecular flexibility index (Phi) is 8.82. The number of nitrogens with zero attached hydrogens (tertiary/aromatic N) is 1. The molecule has 35 heavy (non-hydrogen) atoms. The van der Waals surface area contributed by atoms with Gasteiger partial charge in [-0.3, -0.25) is 4.79 Å². The predicted molar refractivity (Wildman–Crippen MR) is 140 cm³/mol. The molecule has 0 unspecified atom stereocenters. The summed E-state index contributed by atoms with van der Waals surface area (Å²) in [4.78, 5) is 13.3. The number of amides is 1. The Morgan fingerprint density at radius 2 is 1.71 bits per heavy atom. The second kappa shape index (κ2) is 11.6. The van der Waals surface area contributed by atoms with Gasteiger partial charge in [0.1, 0.15) is 5.75 Å². The van der Waals surface area contributed by atoms with Crippen LogP contribution in [0.2, 0.25) is 5.02 Å². The summed E-state index contributed by atoms with van der Waals surface area (Å²) >= 11 is 9.67. The average molecular weight is 581 g/mol. The Morgan fingerprint density at radius 1 is 1.03 bits per heavy atom. The number of sulfonamides is 1. The van der Waals surface area contributed by atoms with Gasteiger partial charge in [0.25, 0.3) is 15.9 Å². The number of methoxy groups -OCH3 is 2. The van der Waals surface area contributed by atoms with E-state index in [0.717, 1.165) is 0 Å². The Hall–Kier alpha value is -3.01. The second-order valence-corrected chi connectivity index (χ2v) is 10.1. The van der Waals surface area contributed by atoms with Gasteiger partial charge >= 0.3 is 0 Å². The molecule has 0 atom stereocenters.